The van der Waals surface area contributed by atoms with Crippen LogP contribution >= 0.6 is 35.0 Å². The van der Waals surface area contributed by atoms with E-state index in [9.17, 15) is 0 Å². The molecular weight excluding hydrogens is 371 g/mol. The topological polar surface area (TPSA) is 65.4 Å². The van der Waals surface area contributed by atoms with E-state index in [1.807, 2.05) is 12.3 Å². The van der Waals surface area contributed by atoms with Crippen molar-refractivity contribution in [2.24, 2.45) is 5.10 Å². The maximum absolute atomic E-state index is 5.95. The Kier molecular flexibility index (Phi) is 5.44. The molecule has 2 aromatic heterocycles. The Morgan fingerprint density at radius 3 is 2.96 bits per heavy atom. The van der Waals surface area contributed by atoms with Gasteiger partial charge >= 0.3 is 0 Å². The van der Waals surface area contributed by atoms with Gasteiger partial charge in [-0.05, 0) is 30.5 Å². The van der Waals surface area contributed by atoms with Gasteiger partial charge in [0, 0.05) is 6.07 Å². The molecular formula is C15H12Cl2N4O2S. The van der Waals surface area contributed by atoms with E-state index in [0.29, 0.717) is 32.5 Å². The first-order valence-electron chi connectivity index (χ1n) is 6.80. The van der Waals surface area contributed by atoms with Gasteiger partial charge in [0.15, 0.2) is 0 Å². The molecule has 1 aromatic carbocycles. The molecule has 0 aliphatic carbocycles. The molecule has 24 heavy (non-hydrogen) atoms. The van der Waals surface area contributed by atoms with Gasteiger partial charge in [0.1, 0.15) is 30.2 Å². The van der Waals surface area contributed by atoms with E-state index in [4.69, 9.17) is 32.4 Å². The zero-order chi connectivity index (χ0) is 16.9. The lowest BCUT2D eigenvalue weighted by Crippen LogP contribution is -1.94. The molecule has 0 aliphatic heterocycles. The average molecular weight is 383 g/mol. The van der Waals surface area contributed by atoms with Gasteiger partial charge in [-0.3, -0.25) is 0 Å². The molecule has 0 atom stereocenters. The van der Waals surface area contributed by atoms with Crippen LogP contribution < -0.4 is 4.74 Å². The SMILES string of the molecule is CSc1nncn1/N=C\c1ccc(COc2ccc(Cl)c(Cl)c2)o1. The predicted octanol–water partition coefficient (Wildman–Crippen LogP) is 4.36. The van der Waals surface area contributed by atoms with Crippen LogP contribution in [0.3, 0.4) is 0 Å². The highest BCUT2D eigenvalue weighted by atomic mass is 35.5. The maximum atomic E-state index is 5.95. The number of benzene rings is 1. The summed E-state index contributed by atoms with van der Waals surface area (Å²) in [6, 6.07) is 8.71. The number of ether oxygens (including phenoxy) is 1. The molecule has 0 unspecified atom stereocenters. The summed E-state index contributed by atoms with van der Waals surface area (Å²) in [5.41, 5.74) is 0. The van der Waals surface area contributed by atoms with Crippen molar-refractivity contribution in [1.82, 2.24) is 14.9 Å². The predicted molar refractivity (Wildman–Crippen MR) is 94.3 cm³/mol. The Morgan fingerprint density at radius 1 is 1.29 bits per heavy atom. The minimum Gasteiger partial charge on any atom is -0.486 e. The van der Waals surface area contributed by atoms with Crippen molar-refractivity contribution >= 4 is 41.2 Å². The number of hydrogen-bond donors (Lipinski definition) is 0. The van der Waals surface area contributed by atoms with E-state index >= 15 is 0 Å². The number of aromatic nitrogens is 3. The fourth-order valence-electron chi connectivity index (χ4n) is 1.81. The summed E-state index contributed by atoms with van der Waals surface area (Å²) in [6.07, 6.45) is 5.02. The van der Waals surface area contributed by atoms with Gasteiger partial charge in [-0.15, -0.1) is 10.2 Å². The second kappa shape index (κ2) is 7.74. The van der Waals surface area contributed by atoms with E-state index in [2.05, 4.69) is 15.3 Å². The smallest absolute Gasteiger partial charge is 0.211 e. The monoisotopic (exact) mass is 382 g/mol. The van der Waals surface area contributed by atoms with Crippen molar-refractivity contribution in [1.29, 1.82) is 0 Å². The first kappa shape index (κ1) is 16.9. The molecule has 0 amide bonds. The van der Waals surface area contributed by atoms with Crippen molar-refractivity contribution in [2.45, 2.75) is 11.8 Å². The zero-order valence-corrected chi connectivity index (χ0v) is 14.8. The summed E-state index contributed by atoms with van der Waals surface area (Å²) in [4.78, 5) is 0. The molecule has 3 aromatic rings. The molecule has 2 heterocycles. The van der Waals surface area contributed by atoms with Gasteiger partial charge < -0.3 is 9.15 Å². The largest absolute Gasteiger partial charge is 0.486 e. The summed E-state index contributed by atoms with van der Waals surface area (Å²) < 4.78 is 12.8. The lowest BCUT2D eigenvalue weighted by atomic mass is 10.3. The number of halogens is 2. The van der Waals surface area contributed by atoms with Crippen LogP contribution in [0, 0.1) is 0 Å². The second-order valence-electron chi connectivity index (χ2n) is 4.58. The van der Waals surface area contributed by atoms with Crippen LogP contribution in [0.1, 0.15) is 11.5 Å². The van der Waals surface area contributed by atoms with Crippen LogP contribution in [0.25, 0.3) is 0 Å². The molecule has 0 bridgehead atoms. The minimum absolute atomic E-state index is 0.272. The molecule has 0 N–H and O–H groups in total. The highest BCUT2D eigenvalue weighted by molar-refractivity contribution is 7.98. The van der Waals surface area contributed by atoms with Crippen molar-refractivity contribution in [3.8, 4) is 5.75 Å². The van der Waals surface area contributed by atoms with Gasteiger partial charge in [0.2, 0.25) is 5.16 Å². The zero-order valence-electron chi connectivity index (χ0n) is 12.5. The summed E-state index contributed by atoms with van der Waals surface area (Å²) in [5, 5.41) is 13.6. The molecule has 124 valence electrons. The molecule has 0 aliphatic rings. The fourth-order valence-corrected chi connectivity index (χ4v) is 2.51. The molecule has 9 heteroatoms. The van der Waals surface area contributed by atoms with Gasteiger partial charge in [0.25, 0.3) is 0 Å². The maximum Gasteiger partial charge on any atom is 0.211 e. The lowest BCUT2D eigenvalue weighted by Gasteiger charge is -2.05. The van der Waals surface area contributed by atoms with E-state index in [1.165, 1.54) is 18.1 Å². The molecule has 0 fully saturated rings. The lowest BCUT2D eigenvalue weighted by molar-refractivity contribution is 0.270. The Balaban J connectivity index is 1.62. The Bertz CT molecular complexity index is 863. The third-order valence-corrected chi connectivity index (χ3v) is 4.32. The normalized spacial score (nSPS) is 11.3. The van der Waals surface area contributed by atoms with E-state index in [1.54, 1.807) is 35.2 Å². The van der Waals surface area contributed by atoms with E-state index in [0.717, 1.165) is 0 Å². The molecule has 0 radical (unpaired) electrons. The highest BCUT2D eigenvalue weighted by Crippen LogP contribution is 2.26. The van der Waals surface area contributed by atoms with Crippen molar-refractivity contribution < 1.29 is 9.15 Å². The van der Waals surface area contributed by atoms with Crippen LogP contribution in [0.2, 0.25) is 10.0 Å². The summed E-state index contributed by atoms with van der Waals surface area (Å²) >= 11 is 13.3. The average Bonchev–Trinajstić information content (AvgIpc) is 3.22. The minimum atomic E-state index is 0.272. The summed E-state index contributed by atoms with van der Waals surface area (Å²) in [6.45, 7) is 0.272. The number of thioether (sulfide) groups is 1. The Hall–Kier alpha value is -1.96. The molecule has 6 nitrogen and oxygen atoms in total. The fraction of sp³-hybridized carbons (Fsp3) is 0.133. The molecule has 0 saturated carbocycles. The standard InChI is InChI=1S/C15H12Cl2N4O2S/c1-24-15-20-18-9-21(15)19-7-11-2-3-12(23-11)8-22-10-4-5-13(16)14(17)6-10/h2-7,9H,8H2,1H3/b19-7-. The van der Waals surface area contributed by atoms with Crippen LogP contribution in [-0.4, -0.2) is 27.3 Å². The summed E-state index contributed by atoms with van der Waals surface area (Å²) in [7, 11) is 0. The Labute approximate surface area is 152 Å². The molecule has 3 rings (SSSR count). The highest BCUT2D eigenvalue weighted by Gasteiger charge is 2.05. The first-order chi connectivity index (χ1) is 11.7. The third kappa shape index (κ3) is 4.11. The number of hydrogen-bond acceptors (Lipinski definition) is 6. The summed E-state index contributed by atoms with van der Waals surface area (Å²) in [5.74, 6) is 1.88. The number of furan rings is 1. The van der Waals surface area contributed by atoms with Crippen molar-refractivity contribution in [3.05, 3.63) is 58.2 Å². The van der Waals surface area contributed by atoms with Crippen LogP contribution in [-0.2, 0) is 6.61 Å². The first-order valence-corrected chi connectivity index (χ1v) is 8.78. The quantitative estimate of drug-likeness (QED) is 0.467. The van der Waals surface area contributed by atoms with Crippen molar-refractivity contribution in [2.75, 3.05) is 6.26 Å². The van der Waals surface area contributed by atoms with Gasteiger partial charge in [-0.1, -0.05) is 35.0 Å². The molecule has 0 spiro atoms. The van der Waals surface area contributed by atoms with Crippen LogP contribution in [0.4, 0.5) is 0 Å². The van der Waals surface area contributed by atoms with Crippen molar-refractivity contribution in [3.63, 3.8) is 0 Å². The van der Waals surface area contributed by atoms with Gasteiger partial charge in [-0.25, -0.2) is 0 Å². The van der Waals surface area contributed by atoms with E-state index in [-0.39, 0.29) is 6.61 Å². The third-order valence-electron chi connectivity index (χ3n) is 2.95. The number of rotatable bonds is 6. The van der Waals surface area contributed by atoms with Crippen LogP contribution in [0.15, 0.2) is 51.3 Å². The second-order valence-corrected chi connectivity index (χ2v) is 6.16. The Morgan fingerprint density at radius 2 is 2.17 bits per heavy atom. The molecule has 0 saturated heterocycles. The van der Waals surface area contributed by atoms with E-state index < -0.39 is 0 Å². The van der Waals surface area contributed by atoms with Gasteiger partial charge in [-0.2, -0.15) is 9.78 Å². The number of nitrogens with zero attached hydrogens (tertiary/aromatic N) is 4. The van der Waals surface area contributed by atoms with Crippen LogP contribution in [0.5, 0.6) is 5.75 Å². The van der Waals surface area contributed by atoms with Gasteiger partial charge in [0.05, 0.1) is 16.3 Å².